The van der Waals surface area contributed by atoms with Crippen molar-refractivity contribution in [3.05, 3.63) is 24.3 Å². The summed E-state index contributed by atoms with van der Waals surface area (Å²) in [4.78, 5) is 6.74. The number of hydrogen-bond acceptors (Lipinski definition) is 5. The Morgan fingerprint density at radius 2 is 2.03 bits per heavy atom. The standard InChI is InChI=1S/C22H34F2N4O3/c1-2-25-22(26-12-19(29)15-30-14-16-5-6-16)27-17-4-3-11-28(13-17)18-7-9-20(10-8-18)31-21(23)24/h7-10,16-17,19,21,29H,2-6,11-15H2,1H3,(H2,25,26,27). The third kappa shape index (κ3) is 8.49. The minimum absolute atomic E-state index is 0.159. The maximum absolute atomic E-state index is 12.3. The fourth-order valence-corrected chi connectivity index (χ4v) is 3.59. The molecule has 2 fully saturated rings. The summed E-state index contributed by atoms with van der Waals surface area (Å²) >= 11 is 0. The van der Waals surface area contributed by atoms with Crippen molar-refractivity contribution >= 4 is 11.6 Å². The number of ether oxygens (including phenoxy) is 2. The van der Waals surface area contributed by atoms with Crippen LogP contribution in [-0.2, 0) is 4.74 Å². The lowest BCUT2D eigenvalue weighted by Gasteiger charge is -2.35. The van der Waals surface area contributed by atoms with Crippen molar-refractivity contribution in [2.24, 2.45) is 10.9 Å². The van der Waals surface area contributed by atoms with E-state index in [1.54, 1.807) is 24.3 Å². The molecule has 2 atom stereocenters. The lowest BCUT2D eigenvalue weighted by Crippen LogP contribution is -2.51. The molecule has 1 aliphatic heterocycles. The average Bonchev–Trinajstić information content (AvgIpc) is 3.57. The molecule has 0 amide bonds. The Balaban J connectivity index is 1.48. The predicted octanol–water partition coefficient (Wildman–Crippen LogP) is 2.60. The van der Waals surface area contributed by atoms with Crippen LogP contribution in [0.3, 0.4) is 0 Å². The molecule has 1 saturated heterocycles. The number of aliphatic imine (C=N–C) groups is 1. The first-order valence-corrected chi connectivity index (χ1v) is 11.1. The van der Waals surface area contributed by atoms with Crippen LogP contribution < -0.4 is 20.3 Å². The van der Waals surface area contributed by atoms with Crippen LogP contribution in [0, 0.1) is 5.92 Å². The van der Waals surface area contributed by atoms with E-state index < -0.39 is 12.7 Å². The van der Waals surface area contributed by atoms with Gasteiger partial charge in [0.25, 0.3) is 0 Å². The lowest BCUT2D eigenvalue weighted by molar-refractivity contribution is -0.0498. The maximum atomic E-state index is 12.3. The predicted molar refractivity (Wildman–Crippen MR) is 117 cm³/mol. The Labute approximate surface area is 182 Å². The summed E-state index contributed by atoms with van der Waals surface area (Å²) in [7, 11) is 0. The van der Waals surface area contributed by atoms with Gasteiger partial charge < -0.3 is 30.1 Å². The van der Waals surface area contributed by atoms with Crippen LogP contribution in [0.4, 0.5) is 14.5 Å². The van der Waals surface area contributed by atoms with Gasteiger partial charge in [0.2, 0.25) is 0 Å². The molecule has 7 nitrogen and oxygen atoms in total. The number of guanidine groups is 1. The Hall–Kier alpha value is -2.13. The number of rotatable bonds is 11. The summed E-state index contributed by atoms with van der Waals surface area (Å²) in [5.74, 6) is 1.51. The number of aliphatic hydroxyl groups excluding tert-OH is 1. The molecular weight excluding hydrogens is 406 g/mol. The quantitative estimate of drug-likeness (QED) is 0.363. The van der Waals surface area contributed by atoms with E-state index in [-0.39, 0.29) is 18.3 Å². The minimum Gasteiger partial charge on any atom is -0.435 e. The van der Waals surface area contributed by atoms with Crippen molar-refractivity contribution in [1.29, 1.82) is 0 Å². The van der Waals surface area contributed by atoms with Crippen LogP contribution in [-0.4, -0.2) is 69.2 Å². The molecule has 0 radical (unpaired) electrons. The number of hydrogen-bond donors (Lipinski definition) is 3. The molecule has 174 valence electrons. The zero-order chi connectivity index (χ0) is 22.1. The van der Waals surface area contributed by atoms with Crippen molar-refractivity contribution in [2.75, 3.05) is 44.3 Å². The average molecular weight is 441 g/mol. The molecule has 3 N–H and O–H groups in total. The highest BCUT2D eigenvalue weighted by Gasteiger charge is 2.22. The fourth-order valence-electron chi connectivity index (χ4n) is 3.59. The smallest absolute Gasteiger partial charge is 0.387 e. The minimum atomic E-state index is -2.82. The topological polar surface area (TPSA) is 78.4 Å². The van der Waals surface area contributed by atoms with Gasteiger partial charge in [0.05, 0.1) is 19.3 Å². The largest absolute Gasteiger partial charge is 0.435 e. The van der Waals surface area contributed by atoms with Crippen LogP contribution in [0.25, 0.3) is 0 Å². The van der Waals surface area contributed by atoms with Crippen molar-refractivity contribution in [3.63, 3.8) is 0 Å². The second-order valence-electron chi connectivity index (χ2n) is 8.16. The number of aliphatic hydroxyl groups is 1. The zero-order valence-electron chi connectivity index (χ0n) is 18.1. The SMILES string of the molecule is CCNC(=NCC(O)COCC1CC1)NC1CCCN(c2ccc(OC(F)F)cc2)C1. The molecule has 0 aromatic heterocycles. The highest BCUT2D eigenvalue weighted by Crippen LogP contribution is 2.28. The van der Waals surface area contributed by atoms with E-state index in [9.17, 15) is 13.9 Å². The Bertz CT molecular complexity index is 686. The van der Waals surface area contributed by atoms with Gasteiger partial charge in [0, 0.05) is 38.0 Å². The highest BCUT2D eigenvalue weighted by molar-refractivity contribution is 5.80. The van der Waals surface area contributed by atoms with Crippen LogP contribution >= 0.6 is 0 Å². The van der Waals surface area contributed by atoms with Crippen LogP contribution in [0.15, 0.2) is 29.3 Å². The zero-order valence-corrected chi connectivity index (χ0v) is 18.1. The van der Waals surface area contributed by atoms with Crippen molar-refractivity contribution in [3.8, 4) is 5.75 Å². The third-order valence-corrected chi connectivity index (χ3v) is 5.35. The molecular formula is C22H34F2N4O3. The monoisotopic (exact) mass is 440 g/mol. The molecule has 1 heterocycles. The third-order valence-electron chi connectivity index (χ3n) is 5.35. The van der Waals surface area contributed by atoms with E-state index in [0.717, 1.165) is 44.8 Å². The van der Waals surface area contributed by atoms with E-state index in [1.165, 1.54) is 12.8 Å². The van der Waals surface area contributed by atoms with Gasteiger partial charge in [-0.1, -0.05) is 0 Å². The van der Waals surface area contributed by atoms with Gasteiger partial charge in [0.15, 0.2) is 5.96 Å². The summed E-state index contributed by atoms with van der Waals surface area (Å²) < 4.78 is 34.6. The first-order chi connectivity index (χ1) is 15.0. The van der Waals surface area contributed by atoms with Gasteiger partial charge in [-0.3, -0.25) is 4.99 Å². The molecule has 0 spiro atoms. The maximum Gasteiger partial charge on any atom is 0.387 e. The van der Waals surface area contributed by atoms with Gasteiger partial charge >= 0.3 is 6.61 Å². The summed E-state index contributed by atoms with van der Waals surface area (Å²) in [5, 5.41) is 16.8. The fraction of sp³-hybridized carbons (Fsp3) is 0.682. The normalized spacial score (nSPS) is 20.6. The van der Waals surface area contributed by atoms with Gasteiger partial charge in [-0.05, 0) is 62.8 Å². The number of nitrogens with zero attached hydrogens (tertiary/aromatic N) is 2. The van der Waals surface area contributed by atoms with Gasteiger partial charge in [-0.2, -0.15) is 8.78 Å². The van der Waals surface area contributed by atoms with Crippen LogP contribution in [0.5, 0.6) is 5.75 Å². The summed E-state index contributed by atoms with van der Waals surface area (Å²) in [6.45, 7) is 2.90. The molecule has 1 saturated carbocycles. The molecule has 1 aromatic rings. The molecule has 0 bridgehead atoms. The number of anilines is 1. The molecule has 1 aromatic carbocycles. The van der Waals surface area contributed by atoms with E-state index in [2.05, 4.69) is 25.3 Å². The summed E-state index contributed by atoms with van der Waals surface area (Å²) in [6, 6.07) is 6.93. The van der Waals surface area contributed by atoms with E-state index in [0.29, 0.717) is 18.5 Å². The van der Waals surface area contributed by atoms with Crippen molar-refractivity contribution in [1.82, 2.24) is 10.6 Å². The molecule has 31 heavy (non-hydrogen) atoms. The van der Waals surface area contributed by atoms with Crippen LogP contribution in [0.1, 0.15) is 32.6 Å². The van der Waals surface area contributed by atoms with E-state index in [4.69, 9.17) is 4.74 Å². The summed E-state index contributed by atoms with van der Waals surface area (Å²) in [5.41, 5.74) is 0.971. The second-order valence-corrected chi connectivity index (χ2v) is 8.16. The number of halogens is 2. The Morgan fingerprint density at radius 3 is 2.71 bits per heavy atom. The molecule has 2 aliphatic rings. The summed E-state index contributed by atoms with van der Waals surface area (Å²) in [6.07, 6.45) is 3.85. The highest BCUT2D eigenvalue weighted by atomic mass is 19.3. The first-order valence-electron chi connectivity index (χ1n) is 11.1. The second kappa shape index (κ2) is 12.0. The van der Waals surface area contributed by atoms with Gasteiger partial charge in [-0.15, -0.1) is 0 Å². The molecule has 9 heteroatoms. The van der Waals surface area contributed by atoms with Crippen molar-refractivity contribution in [2.45, 2.75) is 51.4 Å². The number of nitrogens with one attached hydrogen (secondary N) is 2. The van der Waals surface area contributed by atoms with E-state index in [1.807, 2.05) is 6.92 Å². The van der Waals surface area contributed by atoms with Gasteiger partial charge in [-0.25, -0.2) is 0 Å². The lowest BCUT2D eigenvalue weighted by atomic mass is 10.0. The van der Waals surface area contributed by atoms with Gasteiger partial charge in [0.1, 0.15) is 5.75 Å². The van der Waals surface area contributed by atoms with E-state index >= 15 is 0 Å². The molecule has 3 rings (SSSR count). The number of alkyl halides is 2. The Kier molecular flexibility index (Phi) is 9.14. The molecule has 1 aliphatic carbocycles. The number of benzene rings is 1. The number of piperidine rings is 1. The van der Waals surface area contributed by atoms with Crippen LogP contribution in [0.2, 0.25) is 0 Å². The Morgan fingerprint density at radius 1 is 1.26 bits per heavy atom. The molecule has 2 unspecified atom stereocenters. The first kappa shape index (κ1) is 23.5. The van der Waals surface area contributed by atoms with Crippen molar-refractivity contribution < 1.29 is 23.4 Å².